The second kappa shape index (κ2) is 8.77. The van der Waals surface area contributed by atoms with Crippen LogP contribution in [-0.4, -0.2) is 6.71 Å². The number of fused-ring (bicyclic) bond motifs is 8. The zero-order chi connectivity index (χ0) is 30.4. The van der Waals surface area contributed by atoms with Crippen molar-refractivity contribution < 1.29 is 0 Å². The summed E-state index contributed by atoms with van der Waals surface area (Å²) in [5.41, 5.74) is 12.3. The molecule has 0 saturated carbocycles. The number of benzene rings is 8. The molecule has 0 nitrogen and oxygen atoms in total. The van der Waals surface area contributed by atoms with Crippen LogP contribution in [0.15, 0.2) is 140 Å². The van der Waals surface area contributed by atoms with Crippen LogP contribution in [0.3, 0.4) is 0 Å². The van der Waals surface area contributed by atoms with Crippen LogP contribution in [0.2, 0.25) is 0 Å². The van der Waals surface area contributed by atoms with Gasteiger partial charge in [-0.1, -0.05) is 120 Å². The molecule has 8 aromatic carbocycles. The quantitative estimate of drug-likeness (QED) is 0.159. The fourth-order valence-corrected chi connectivity index (χ4v) is 11.5. The Balaban J connectivity index is 1.38. The molecule has 0 fully saturated rings. The van der Waals surface area contributed by atoms with Crippen molar-refractivity contribution in [3.8, 4) is 33.4 Å². The molecule has 0 aliphatic carbocycles. The Bertz CT molecular complexity index is 2830. The third-order valence-corrected chi connectivity index (χ3v) is 13.2. The highest BCUT2D eigenvalue weighted by molar-refractivity contribution is 7.28. The van der Waals surface area contributed by atoms with Crippen LogP contribution < -0.4 is 16.4 Å². The first-order chi connectivity index (χ1) is 23.3. The van der Waals surface area contributed by atoms with Gasteiger partial charge in [0.25, 0.3) is 0 Å². The molecule has 2 aliphatic heterocycles. The van der Waals surface area contributed by atoms with Gasteiger partial charge in [0.05, 0.1) is 0 Å². The van der Waals surface area contributed by atoms with E-state index in [0.717, 1.165) is 0 Å². The number of hydrogen-bond donors (Lipinski definition) is 0. The molecular formula is C44H23BS2. The maximum atomic E-state index is 2.51. The van der Waals surface area contributed by atoms with Gasteiger partial charge in [0.15, 0.2) is 0 Å². The van der Waals surface area contributed by atoms with Gasteiger partial charge in [-0.05, 0) is 102 Å². The Kier molecular flexibility index (Phi) is 4.66. The van der Waals surface area contributed by atoms with E-state index in [1.165, 1.54) is 112 Å². The summed E-state index contributed by atoms with van der Waals surface area (Å²) in [7, 11) is 0. The number of hydrogen-bond acceptors (Lipinski definition) is 2. The molecule has 0 saturated heterocycles. The van der Waals surface area contributed by atoms with E-state index < -0.39 is 0 Å². The summed E-state index contributed by atoms with van der Waals surface area (Å²) >= 11 is 3.93. The van der Waals surface area contributed by atoms with Gasteiger partial charge in [0.1, 0.15) is 0 Å². The van der Waals surface area contributed by atoms with Crippen LogP contribution >= 0.6 is 22.7 Å². The summed E-state index contributed by atoms with van der Waals surface area (Å²) in [4.78, 5) is 0. The molecule has 0 bridgehead atoms. The summed E-state index contributed by atoms with van der Waals surface area (Å²) in [6, 6.07) is 53.1. The molecule has 0 spiro atoms. The van der Waals surface area contributed by atoms with Crippen LogP contribution in [-0.2, 0) is 0 Å². The van der Waals surface area contributed by atoms with Crippen molar-refractivity contribution in [1.82, 2.24) is 0 Å². The Hall–Kier alpha value is -5.22. The topological polar surface area (TPSA) is 0 Å². The van der Waals surface area contributed by atoms with Gasteiger partial charge in [-0.2, -0.15) is 0 Å². The van der Waals surface area contributed by atoms with E-state index in [-0.39, 0.29) is 6.71 Å². The first-order valence-electron chi connectivity index (χ1n) is 16.3. The van der Waals surface area contributed by atoms with Crippen molar-refractivity contribution >= 4 is 108 Å². The van der Waals surface area contributed by atoms with Crippen LogP contribution in [0.25, 0.3) is 95.3 Å². The molecule has 214 valence electrons. The lowest BCUT2D eigenvalue weighted by atomic mass is 9.35. The molecular weight excluding hydrogens is 603 g/mol. The highest BCUT2D eigenvalue weighted by atomic mass is 32.1. The molecule has 47 heavy (non-hydrogen) atoms. The van der Waals surface area contributed by atoms with Crippen LogP contribution in [0, 0.1) is 0 Å². The van der Waals surface area contributed by atoms with Gasteiger partial charge in [-0.25, -0.2) is 0 Å². The SMILES string of the molecule is c1ccc(-c2cc3c4c(c2)-c2cc5ccccc5c5sc6cccc(c6c25)B4c2cccc4sc5c6ccccc6cc-3c5c24)cc1. The molecule has 0 N–H and O–H groups in total. The normalized spacial score (nSPS) is 13.1. The zero-order valence-corrected chi connectivity index (χ0v) is 26.8. The van der Waals surface area contributed by atoms with Crippen molar-refractivity contribution in [2.75, 3.05) is 0 Å². The molecule has 12 rings (SSSR count). The van der Waals surface area contributed by atoms with Crippen molar-refractivity contribution in [2.24, 2.45) is 0 Å². The van der Waals surface area contributed by atoms with Gasteiger partial charge in [-0.3, -0.25) is 0 Å². The van der Waals surface area contributed by atoms with Crippen LogP contribution in [0.4, 0.5) is 0 Å². The summed E-state index contributed by atoms with van der Waals surface area (Å²) in [6.45, 7) is 0.110. The lowest BCUT2D eigenvalue weighted by Gasteiger charge is -2.23. The molecule has 4 heterocycles. The Morgan fingerprint density at radius 3 is 1.45 bits per heavy atom. The molecule has 2 aliphatic rings. The maximum absolute atomic E-state index is 2.51. The maximum Gasteiger partial charge on any atom is 0.244 e. The van der Waals surface area contributed by atoms with Gasteiger partial charge < -0.3 is 0 Å². The minimum absolute atomic E-state index is 0.110. The first-order valence-corrected chi connectivity index (χ1v) is 17.9. The van der Waals surface area contributed by atoms with Crippen molar-refractivity contribution in [3.05, 3.63) is 140 Å². The monoisotopic (exact) mass is 626 g/mol. The molecule has 0 atom stereocenters. The minimum atomic E-state index is 0.110. The van der Waals surface area contributed by atoms with Gasteiger partial charge >= 0.3 is 0 Å². The van der Waals surface area contributed by atoms with Crippen molar-refractivity contribution in [1.29, 1.82) is 0 Å². The van der Waals surface area contributed by atoms with E-state index in [9.17, 15) is 0 Å². The number of rotatable bonds is 1. The molecule has 3 heteroatoms. The molecule has 0 unspecified atom stereocenters. The van der Waals surface area contributed by atoms with Crippen LogP contribution in [0.5, 0.6) is 0 Å². The van der Waals surface area contributed by atoms with Crippen molar-refractivity contribution in [3.63, 3.8) is 0 Å². The standard InChI is InChI=1S/C44H23BS2/c1-2-10-24(11-3-1)27-22-32-30-20-25-12-4-6-14-28(25)43-38(30)40-34(16-8-18-36(40)46-43)45-35-17-9-19-37-41(35)39-31(33(23-27)42(32)45)21-26-13-5-7-15-29(26)44(39)47-37/h1-23H. The second-order valence-electron chi connectivity index (χ2n) is 13.1. The molecule has 0 amide bonds. The van der Waals surface area contributed by atoms with E-state index in [4.69, 9.17) is 0 Å². The predicted molar refractivity (Wildman–Crippen MR) is 208 cm³/mol. The van der Waals surface area contributed by atoms with Crippen molar-refractivity contribution in [2.45, 2.75) is 0 Å². The average molecular weight is 627 g/mol. The summed E-state index contributed by atoms with van der Waals surface area (Å²) in [5, 5.41) is 11.0. The van der Waals surface area contributed by atoms with E-state index in [1.54, 1.807) is 0 Å². The lowest BCUT2D eigenvalue weighted by Crippen LogP contribution is -2.52. The lowest BCUT2D eigenvalue weighted by molar-refractivity contribution is 1.62. The van der Waals surface area contributed by atoms with Gasteiger partial charge in [-0.15, -0.1) is 22.7 Å². The Labute approximate surface area is 279 Å². The third kappa shape index (κ3) is 3.10. The predicted octanol–water partition coefficient (Wildman–Crippen LogP) is 10.9. The fourth-order valence-electron chi connectivity index (χ4n) is 8.95. The minimum Gasteiger partial charge on any atom is -0.135 e. The van der Waals surface area contributed by atoms with Gasteiger partial charge in [0, 0.05) is 29.6 Å². The molecule has 2 aromatic heterocycles. The van der Waals surface area contributed by atoms with E-state index in [2.05, 4.69) is 140 Å². The smallest absolute Gasteiger partial charge is 0.135 e. The molecule has 0 radical (unpaired) electrons. The summed E-state index contributed by atoms with van der Waals surface area (Å²) < 4.78 is 5.56. The highest BCUT2D eigenvalue weighted by Gasteiger charge is 2.38. The zero-order valence-electron chi connectivity index (χ0n) is 25.2. The van der Waals surface area contributed by atoms with E-state index in [0.29, 0.717) is 0 Å². The average Bonchev–Trinajstić information content (AvgIpc) is 3.65. The van der Waals surface area contributed by atoms with E-state index >= 15 is 0 Å². The summed E-state index contributed by atoms with van der Waals surface area (Å²) in [6.07, 6.45) is 0. The second-order valence-corrected chi connectivity index (χ2v) is 15.2. The Morgan fingerprint density at radius 1 is 0.383 bits per heavy atom. The number of thiophene rings is 2. The van der Waals surface area contributed by atoms with E-state index in [1.807, 2.05) is 22.7 Å². The largest absolute Gasteiger partial charge is 0.244 e. The van der Waals surface area contributed by atoms with Gasteiger partial charge in [0.2, 0.25) is 6.71 Å². The fraction of sp³-hybridized carbons (Fsp3) is 0. The third-order valence-electron chi connectivity index (χ3n) is 10.8. The first kappa shape index (κ1) is 24.9. The Morgan fingerprint density at radius 2 is 0.894 bits per heavy atom. The molecule has 10 aromatic rings. The highest BCUT2D eigenvalue weighted by Crippen LogP contribution is 2.49. The summed E-state index contributed by atoms with van der Waals surface area (Å²) in [5.74, 6) is 0. The van der Waals surface area contributed by atoms with Crippen LogP contribution in [0.1, 0.15) is 0 Å².